The number of aromatic amines is 1. The lowest BCUT2D eigenvalue weighted by Gasteiger charge is -2.30. The molecule has 0 unspecified atom stereocenters. The molecule has 9 heteroatoms. The molecule has 1 aliphatic rings. The first-order valence-corrected chi connectivity index (χ1v) is 11.0. The first-order valence-electron chi connectivity index (χ1n) is 11.0. The Labute approximate surface area is 194 Å². The molecule has 1 amide bonds. The molecule has 0 spiro atoms. The SMILES string of the molecule is CC(C)(O)c1cnc2n1CCN(C(=O)c1cc(Cc3n[nH]c(=O)c4ccccc34)ccc1F)C2. The number of nitrogens with one attached hydrogen (secondary N) is 1. The van der Waals surface area contributed by atoms with E-state index >= 15 is 0 Å². The van der Waals surface area contributed by atoms with E-state index in [1.54, 1.807) is 49.2 Å². The Balaban J connectivity index is 1.42. The number of halogens is 1. The smallest absolute Gasteiger partial charge is 0.272 e. The van der Waals surface area contributed by atoms with Crippen LogP contribution in [0, 0.1) is 5.82 Å². The van der Waals surface area contributed by atoms with Crippen molar-refractivity contribution < 1.29 is 14.3 Å². The first-order chi connectivity index (χ1) is 16.2. The van der Waals surface area contributed by atoms with E-state index in [1.807, 2.05) is 16.7 Å². The summed E-state index contributed by atoms with van der Waals surface area (Å²) in [6.45, 7) is 4.45. The van der Waals surface area contributed by atoms with Crippen molar-refractivity contribution in [2.24, 2.45) is 0 Å². The summed E-state index contributed by atoms with van der Waals surface area (Å²) in [5, 5.41) is 18.3. The van der Waals surface area contributed by atoms with E-state index in [4.69, 9.17) is 0 Å². The minimum absolute atomic E-state index is 0.0195. The van der Waals surface area contributed by atoms with Gasteiger partial charge >= 0.3 is 0 Å². The molecule has 0 fully saturated rings. The molecule has 34 heavy (non-hydrogen) atoms. The molecule has 2 aromatic carbocycles. The average molecular weight is 461 g/mol. The fraction of sp³-hybridized carbons (Fsp3) is 0.280. The monoisotopic (exact) mass is 461 g/mol. The van der Waals surface area contributed by atoms with Crippen LogP contribution >= 0.6 is 0 Å². The minimum Gasteiger partial charge on any atom is -0.384 e. The molecule has 0 saturated carbocycles. The lowest BCUT2D eigenvalue weighted by atomic mass is 10.0. The number of fused-ring (bicyclic) bond motifs is 2. The highest BCUT2D eigenvalue weighted by Crippen LogP contribution is 2.25. The molecule has 174 valence electrons. The zero-order valence-electron chi connectivity index (χ0n) is 18.9. The molecule has 3 heterocycles. The van der Waals surface area contributed by atoms with E-state index in [-0.39, 0.29) is 17.7 Å². The van der Waals surface area contributed by atoms with E-state index in [1.165, 1.54) is 6.07 Å². The topological polar surface area (TPSA) is 104 Å². The Morgan fingerprint density at radius 3 is 2.71 bits per heavy atom. The zero-order valence-corrected chi connectivity index (χ0v) is 18.9. The number of carbonyl (C=O) groups is 1. The predicted molar refractivity (Wildman–Crippen MR) is 124 cm³/mol. The molecule has 2 aromatic heterocycles. The predicted octanol–water partition coefficient (Wildman–Crippen LogP) is 2.73. The molecule has 1 aliphatic heterocycles. The van der Waals surface area contributed by atoms with Crippen LogP contribution in [0.4, 0.5) is 4.39 Å². The Bertz CT molecular complexity index is 1470. The molecule has 0 saturated heterocycles. The molecule has 0 aliphatic carbocycles. The van der Waals surface area contributed by atoms with Gasteiger partial charge in [0.25, 0.3) is 11.5 Å². The molecule has 8 nitrogen and oxygen atoms in total. The van der Waals surface area contributed by atoms with Gasteiger partial charge in [-0.25, -0.2) is 14.5 Å². The van der Waals surface area contributed by atoms with Crippen LogP contribution in [0.5, 0.6) is 0 Å². The van der Waals surface area contributed by atoms with Gasteiger partial charge < -0.3 is 14.6 Å². The summed E-state index contributed by atoms with van der Waals surface area (Å²) in [4.78, 5) is 31.2. The van der Waals surface area contributed by atoms with Crippen molar-refractivity contribution in [3.63, 3.8) is 0 Å². The molecule has 5 rings (SSSR count). The molecular formula is C25H24FN5O3. The number of hydrogen-bond acceptors (Lipinski definition) is 5. The number of carbonyl (C=O) groups excluding carboxylic acids is 1. The molecular weight excluding hydrogens is 437 g/mol. The minimum atomic E-state index is -1.04. The number of imidazole rings is 1. The van der Waals surface area contributed by atoms with E-state index in [0.29, 0.717) is 53.1 Å². The number of nitrogens with zero attached hydrogens (tertiary/aromatic N) is 4. The Morgan fingerprint density at radius 2 is 1.94 bits per heavy atom. The van der Waals surface area contributed by atoms with Crippen molar-refractivity contribution in [3.8, 4) is 0 Å². The van der Waals surface area contributed by atoms with Gasteiger partial charge in [0.05, 0.1) is 35.1 Å². The molecule has 0 radical (unpaired) electrons. The maximum Gasteiger partial charge on any atom is 0.272 e. The summed E-state index contributed by atoms with van der Waals surface area (Å²) in [6, 6.07) is 11.6. The number of rotatable bonds is 4. The summed E-state index contributed by atoms with van der Waals surface area (Å²) in [5.41, 5.74) is 0.692. The van der Waals surface area contributed by atoms with Crippen molar-refractivity contribution in [1.82, 2.24) is 24.6 Å². The number of benzene rings is 2. The molecule has 0 bridgehead atoms. The van der Waals surface area contributed by atoms with Crippen LogP contribution in [0.3, 0.4) is 0 Å². The van der Waals surface area contributed by atoms with Crippen LogP contribution in [0.15, 0.2) is 53.5 Å². The van der Waals surface area contributed by atoms with Gasteiger partial charge in [0.15, 0.2) is 0 Å². The van der Waals surface area contributed by atoms with Crippen LogP contribution in [-0.2, 0) is 25.1 Å². The zero-order chi connectivity index (χ0) is 24.0. The average Bonchev–Trinajstić information content (AvgIpc) is 3.26. The van der Waals surface area contributed by atoms with E-state index in [9.17, 15) is 19.1 Å². The summed E-state index contributed by atoms with van der Waals surface area (Å²) < 4.78 is 16.6. The first kappa shape index (κ1) is 22.0. The number of hydrogen-bond donors (Lipinski definition) is 2. The van der Waals surface area contributed by atoms with Gasteiger partial charge in [0.2, 0.25) is 0 Å². The summed E-state index contributed by atoms with van der Waals surface area (Å²) >= 11 is 0. The summed E-state index contributed by atoms with van der Waals surface area (Å²) in [5.74, 6) is -0.367. The van der Waals surface area contributed by atoms with Crippen LogP contribution in [0.1, 0.15) is 47.0 Å². The number of amides is 1. The third kappa shape index (κ3) is 3.88. The van der Waals surface area contributed by atoms with Gasteiger partial charge in [-0.3, -0.25) is 9.59 Å². The third-order valence-electron chi connectivity index (χ3n) is 6.19. The highest BCUT2D eigenvalue weighted by molar-refractivity contribution is 5.94. The van der Waals surface area contributed by atoms with Crippen LogP contribution in [-0.4, -0.2) is 42.2 Å². The van der Waals surface area contributed by atoms with Gasteiger partial charge in [0.1, 0.15) is 17.2 Å². The number of aromatic nitrogens is 4. The van der Waals surface area contributed by atoms with Gasteiger partial charge in [0, 0.05) is 24.9 Å². The number of aliphatic hydroxyl groups is 1. The lowest BCUT2D eigenvalue weighted by molar-refractivity contribution is 0.0619. The highest BCUT2D eigenvalue weighted by atomic mass is 19.1. The van der Waals surface area contributed by atoms with Gasteiger partial charge in [-0.05, 0) is 37.6 Å². The Kier molecular flexibility index (Phi) is 5.28. The van der Waals surface area contributed by atoms with Gasteiger partial charge in [-0.1, -0.05) is 24.3 Å². The molecule has 4 aromatic rings. The fourth-order valence-electron chi connectivity index (χ4n) is 4.44. The number of H-pyrrole nitrogens is 1. The van der Waals surface area contributed by atoms with E-state index in [0.717, 1.165) is 0 Å². The van der Waals surface area contributed by atoms with E-state index < -0.39 is 17.3 Å². The second-order valence-corrected chi connectivity index (χ2v) is 9.03. The van der Waals surface area contributed by atoms with Crippen molar-refractivity contribution in [2.45, 2.75) is 39.0 Å². The third-order valence-corrected chi connectivity index (χ3v) is 6.19. The molecule has 2 N–H and O–H groups in total. The fourth-order valence-corrected chi connectivity index (χ4v) is 4.44. The molecule has 0 atom stereocenters. The van der Waals surface area contributed by atoms with Crippen LogP contribution in [0.2, 0.25) is 0 Å². The van der Waals surface area contributed by atoms with Crippen LogP contribution in [0.25, 0.3) is 10.8 Å². The lowest BCUT2D eigenvalue weighted by Crippen LogP contribution is -2.40. The standard InChI is InChI=1S/C25H24FN5O3/c1-25(2,34)21-13-27-22-14-30(9-10-31(21)22)24(33)18-11-15(7-8-19(18)26)12-20-16-5-3-4-6-17(16)23(32)29-28-20/h3-8,11,13,34H,9-10,12,14H2,1-2H3,(H,29,32). The van der Waals surface area contributed by atoms with Gasteiger partial charge in [-0.15, -0.1) is 0 Å². The van der Waals surface area contributed by atoms with Crippen molar-refractivity contribution in [1.29, 1.82) is 0 Å². The largest absolute Gasteiger partial charge is 0.384 e. The Hall–Kier alpha value is -3.85. The van der Waals surface area contributed by atoms with Gasteiger partial charge in [-0.2, -0.15) is 5.10 Å². The van der Waals surface area contributed by atoms with Crippen molar-refractivity contribution in [2.75, 3.05) is 6.54 Å². The summed E-state index contributed by atoms with van der Waals surface area (Å²) in [6.07, 6.45) is 1.95. The maximum absolute atomic E-state index is 14.7. The highest BCUT2D eigenvalue weighted by Gasteiger charge is 2.30. The summed E-state index contributed by atoms with van der Waals surface area (Å²) in [7, 11) is 0. The van der Waals surface area contributed by atoms with Crippen molar-refractivity contribution >= 4 is 16.7 Å². The maximum atomic E-state index is 14.7. The van der Waals surface area contributed by atoms with E-state index in [2.05, 4.69) is 15.2 Å². The second kappa shape index (κ2) is 8.18. The van der Waals surface area contributed by atoms with Crippen molar-refractivity contribution in [3.05, 3.63) is 93.2 Å². The second-order valence-electron chi connectivity index (χ2n) is 9.03. The van der Waals surface area contributed by atoms with Crippen LogP contribution < -0.4 is 5.56 Å². The Morgan fingerprint density at radius 1 is 1.18 bits per heavy atom. The quantitative estimate of drug-likeness (QED) is 0.486. The normalized spacial score (nSPS) is 13.8.